The van der Waals surface area contributed by atoms with E-state index in [2.05, 4.69) is 5.32 Å². The predicted octanol–water partition coefficient (Wildman–Crippen LogP) is 3.19. The Kier molecular flexibility index (Phi) is 4.58. The fourth-order valence-corrected chi connectivity index (χ4v) is 4.13. The number of ether oxygens (including phenoxy) is 1. The van der Waals surface area contributed by atoms with Crippen LogP contribution in [0.2, 0.25) is 0 Å². The largest absolute Gasteiger partial charge is 0.381 e. The molecule has 0 spiro atoms. The molecule has 2 aliphatic rings. The molecule has 2 aromatic carbocycles. The number of carbonyl (C=O) groups is 1. The topological polar surface area (TPSA) is 88.2 Å². The molecule has 0 aromatic heterocycles. The highest BCUT2D eigenvalue weighted by Gasteiger charge is 2.42. The molecule has 2 aromatic rings. The van der Waals surface area contributed by atoms with Crippen molar-refractivity contribution in [1.82, 2.24) is 0 Å². The summed E-state index contributed by atoms with van der Waals surface area (Å²) in [5.41, 5.74) is 5.69. The predicted molar refractivity (Wildman–Crippen MR) is 97.2 cm³/mol. The zero-order valence-electron chi connectivity index (χ0n) is 14.8. The fourth-order valence-electron chi connectivity index (χ4n) is 4.13. The number of hydrogen-bond donors (Lipinski definition) is 3. The second-order valence-electron chi connectivity index (χ2n) is 7.09. The van der Waals surface area contributed by atoms with Gasteiger partial charge in [-0.3, -0.25) is 4.79 Å². The third kappa shape index (κ3) is 3.03. The number of fused-ring (bicyclic) bond motifs is 1. The van der Waals surface area contributed by atoms with Crippen molar-refractivity contribution in [3.63, 3.8) is 0 Å². The SMILES string of the molecule is N=C1c2c(cc(F)cc2C(N)=O)N[C@H]([C@H]2CCOC2)[C@H]1c1ccc(F)cc1F. The molecule has 0 bridgehead atoms. The number of carbonyl (C=O) groups excluding carboxylic acids is 1. The monoisotopic (exact) mass is 389 g/mol. The molecule has 2 heterocycles. The summed E-state index contributed by atoms with van der Waals surface area (Å²) in [5, 5.41) is 11.9. The minimum atomic E-state index is -0.886. The molecule has 0 saturated carbocycles. The van der Waals surface area contributed by atoms with E-state index in [0.29, 0.717) is 19.6 Å². The molecule has 1 amide bonds. The number of anilines is 1. The van der Waals surface area contributed by atoms with E-state index in [1.54, 1.807) is 0 Å². The van der Waals surface area contributed by atoms with Crippen molar-refractivity contribution >= 4 is 17.3 Å². The van der Waals surface area contributed by atoms with Crippen LogP contribution in [0.5, 0.6) is 0 Å². The molecular weight excluding hydrogens is 371 g/mol. The van der Waals surface area contributed by atoms with Gasteiger partial charge in [0.15, 0.2) is 0 Å². The van der Waals surface area contributed by atoms with E-state index in [1.807, 2.05) is 0 Å². The zero-order valence-corrected chi connectivity index (χ0v) is 14.8. The molecule has 4 rings (SSSR count). The fraction of sp³-hybridized carbons (Fsp3) is 0.300. The molecule has 0 aliphatic carbocycles. The van der Waals surface area contributed by atoms with Gasteiger partial charge in [0.05, 0.1) is 17.9 Å². The van der Waals surface area contributed by atoms with Crippen LogP contribution in [0, 0.1) is 28.8 Å². The average Bonchev–Trinajstić information content (AvgIpc) is 3.16. The van der Waals surface area contributed by atoms with Crippen molar-refractivity contribution in [2.75, 3.05) is 18.5 Å². The second-order valence-corrected chi connectivity index (χ2v) is 7.09. The van der Waals surface area contributed by atoms with Gasteiger partial charge in [0.2, 0.25) is 5.91 Å². The van der Waals surface area contributed by atoms with Gasteiger partial charge in [-0.2, -0.15) is 0 Å². The summed E-state index contributed by atoms with van der Waals surface area (Å²) in [6.07, 6.45) is 0.678. The molecule has 1 fully saturated rings. The lowest BCUT2D eigenvalue weighted by Crippen LogP contribution is -2.44. The quantitative estimate of drug-likeness (QED) is 0.753. The number of nitrogens with two attached hydrogens (primary N) is 1. The summed E-state index contributed by atoms with van der Waals surface area (Å²) in [6.45, 7) is 0.926. The Morgan fingerprint density at radius 3 is 2.61 bits per heavy atom. The van der Waals surface area contributed by atoms with Crippen molar-refractivity contribution in [1.29, 1.82) is 5.41 Å². The number of amides is 1. The molecule has 0 unspecified atom stereocenters. The van der Waals surface area contributed by atoms with Gasteiger partial charge in [0.25, 0.3) is 0 Å². The molecule has 2 aliphatic heterocycles. The van der Waals surface area contributed by atoms with E-state index < -0.39 is 35.3 Å². The van der Waals surface area contributed by atoms with Crippen molar-refractivity contribution in [3.8, 4) is 0 Å². The van der Waals surface area contributed by atoms with E-state index in [1.165, 1.54) is 12.1 Å². The Bertz CT molecular complexity index is 973. The highest BCUT2D eigenvalue weighted by atomic mass is 19.1. The summed E-state index contributed by atoms with van der Waals surface area (Å²) in [7, 11) is 0. The standard InChI is InChI=1S/C20H18F3N3O2/c21-10-1-2-12(14(23)6-10)17-18(24)16-13(20(25)27)5-11(22)7-15(16)26-19(17)9-3-4-28-8-9/h1-2,5-7,9,17,19,24,26H,3-4,8H2,(H2,25,27)/t9-,17-,19+/m0/s1. The second kappa shape index (κ2) is 6.94. The first kappa shape index (κ1) is 18.5. The average molecular weight is 389 g/mol. The van der Waals surface area contributed by atoms with Crippen LogP contribution in [0.1, 0.15) is 33.8 Å². The number of nitrogens with one attached hydrogen (secondary N) is 2. The van der Waals surface area contributed by atoms with E-state index in [-0.39, 0.29) is 34.0 Å². The number of rotatable bonds is 3. The van der Waals surface area contributed by atoms with Crippen LogP contribution in [0.25, 0.3) is 0 Å². The molecular formula is C20H18F3N3O2. The number of benzene rings is 2. The summed E-state index contributed by atoms with van der Waals surface area (Å²) in [5.74, 6) is -3.94. The Morgan fingerprint density at radius 1 is 1.18 bits per heavy atom. The first-order chi connectivity index (χ1) is 13.4. The lowest BCUT2D eigenvalue weighted by molar-refractivity contribution is 0.0999. The molecule has 3 atom stereocenters. The maximum absolute atomic E-state index is 14.6. The van der Waals surface area contributed by atoms with Gasteiger partial charge in [-0.05, 0) is 30.2 Å². The summed E-state index contributed by atoms with van der Waals surface area (Å²) < 4.78 is 47.5. The van der Waals surface area contributed by atoms with Crippen LogP contribution < -0.4 is 11.1 Å². The number of primary amides is 1. The lowest BCUT2D eigenvalue weighted by atomic mass is 9.74. The van der Waals surface area contributed by atoms with Gasteiger partial charge in [-0.1, -0.05) is 6.07 Å². The first-order valence-corrected chi connectivity index (χ1v) is 8.88. The Hall–Kier alpha value is -2.87. The Balaban J connectivity index is 1.90. The van der Waals surface area contributed by atoms with Gasteiger partial charge < -0.3 is 21.2 Å². The van der Waals surface area contributed by atoms with Crippen molar-refractivity contribution < 1.29 is 22.7 Å². The van der Waals surface area contributed by atoms with Crippen molar-refractivity contribution in [2.24, 2.45) is 11.7 Å². The van der Waals surface area contributed by atoms with E-state index in [0.717, 1.165) is 18.2 Å². The number of halogens is 3. The van der Waals surface area contributed by atoms with E-state index in [4.69, 9.17) is 15.9 Å². The molecule has 8 heteroatoms. The van der Waals surface area contributed by atoms with Crippen LogP contribution in [0.15, 0.2) is 30.3 Å². The summed E-state index contributed by atoms with van der Waals surface area (Å²) in [4.78, 5) is 11.9. The Labute approximate surface area is 159 Å². The van der Waals surface area contributed by atoms with Gasteiger partial charge >= 0.3 is 0 Å². The van der Waals surface area contributed by atoms with Crippen LogP contribution in [-0.2, 0) is 4.74 Å². The van der Waals surface area contributed by atoms with Crippen molar-refractivity contribution in [3.05, 3.63) is 64.5 Å². The van der Waals surface area contributed by atoms with Crippen LogP contribution >= 0.6 is 0 Å². The molecule has 5 nitrogen and oxygen atoms in total. The van der Waals surface area contributed by atoms with Crippen LogP contribution in [0.4, 0.5) is 18.9 Å². The maximum atomic E-state index is 14.6. The van der Waals surface area contributed by atoms with Gasteiger partial charge in [-0.15, -0.1) is 0 Å². The smallest absolute Gasteiger partial charge is 0.249 e. The highest BCUT2D eigenvalue weighted by molar-refractivity contribution is 6.16. The summed E-state index contributed by atoms with van der Waals surface area (Å²) >= 11 is 0. The van der Waals surface area contributed by atoms with Crippen LogP contribution in [-0.4, -0.2) is 30.9 Å². The zero-order chi connectivity index (χ0) is 20.0. The third-order valence-electron chi connectivity index (χ3n) is 5.40. The first-order valence-electron chi connectivity index (χ1n) is 8.88. The molecule has 1 saturated heterocycles. The number of hydrogen-bond acceptors (Lipinski definition) is 4. The molecule has 4 N–H and O–H groups in total. The van der Waals surface area contributed by atoms with Gasteiger partial charge in [0, 0.05) is 41.8 Å². The van der Waals surface area contributed by atoms with Crippen LogP contribution in [0.3, 0.4) is 0 Å². The van der Waals surface area contributed by atoms with E-state index in [9.17, 15) is 18.0 Å². The summed E-state index contributed by atoms with van der Waals surface area (Å²) in [6, 6.07) is 4.87. The molecule has 0 radical (unpaired) electrons. The minimum absolute atomic E-state index is 0.0649. The molecule has 146 valence electrons. The normalized spacial score (nSPS) is 24.0. The van der Waals surface area contributed by atoms with E-state index >= 15 is 0 Å². The lowest BCUT2D eigenvalue weighted by Gasteiger charge is -2.39. The Morgan fingerprint density at radius 2 is 1.96 bits per heavy atom. The van der Waals surface area contributed by atoms with Crippen molar-refractivity contribution in [2.45, 2.75) is 18.4 Å². The maximum Gasteiger partial charge on any atom is 0.249 e. The molecule has 28 heavy (non-hydrogen) atoms. The third-order valence-corrected chi connectivity index (χ3v) is 5.40. The van der Waals surface area contributed by atoms with Gasteiger partial charge in [-0.25, -0.2) is 13.2 Å². The highest BCUT2D eigenvalue weighted by Crippen LogP contribution is 2.41. The van der Waals surface area contributed by atoms with Gasteiger partial charge in [0.1, 0.15) is 17.5 Å². The minimum Gasteiger partial charge on any atom is -0.381 e.